The first kappa shape index (κ1) is 18.3. The molecule has 2 aromatic rings. The number of aryl methyl sites for hydroxylation is 1. The van der Waals surface area contributed by atoms with Crippen molar-refractivity contribution in [3.05, 3.63) is 47.4 Å². The number of aromatic nitrogens is 3. The molecule has 0 spiro atoms. The number of pyridine rings is 1. The van der Waals surface area contributed by atoms with Crippen molar-refractivity contribution in [1.82, 2.24) is 20.5 Å². The van der Waals surface area contributed by atoms with Crippen LogP contribution in [0, 0.1) is 6.92 Å². The van der Waals surface area contributed by atoms with E-state index >= 15 is 0 Å². The Bertz CT molecular complexity index is 719. The van der Waals surface area contributed by atoms with Crippen LogP contribution in [0.2, 0.25) is 0 Å². The Labute approximate surface area is 155 Å². The summed E-state index contributed by atoms with van der Waals surface area (Å²) in [6.07, 6.45) is 4.04. The quantitative estimate of drug-likeness (QED) is 0.895. The molecule has 6 heteroatoms. The maximum Gasteiger partial charge on any atom is 0.226 e. The smallest absolute Gasteiger partial charge is 0.226 e. The maximum absolute atomic E-state index is 12.3. The van der Waals surface area contributed by atoms with Crippen LogP contribution in [0.5, 0.6) is 0 Å². The number of hydrogen-bond acceptors (Lipinski definition) is 5. The molecule has 1 saturated heterocycles. The van der Waals surface area contributed by atoms with Gasteiger partial charge in [0.2, 0.25) is 5.91 Å². The largest absolute Gasteiger partial charge is 0.355 e. The first-order chi connectivity index (χ1) is 12.5. The molecule has 1 fully saturated rings. The molecule has 0 aliphatic carbocycles. The Morgan fingerprint density at radius 3 is 2.54 bits per heavy atom. The van der Waals surface area contributed by atoms with E-state index in [0.717, 1.165) is 43.1 Å². The fourth-order valence-corrected chi connectivity index (χ4v) is 3.14. The van der Waals surface area contributed by atoms with Crippen LogP contribution >= 0.6 is 0 Å². The van der Waals surface area contributed by atoms with Crippen LogP contribution in [-0.4, -0.2) is 40.2 Å². The van der Waals surface area contributed by atoms with E-state index in [2.05, 4.69) is 45.3 Å². The van der Waals surface area contributed by atoms with Crippen molar-refractivity contribution < 1.29 is 4.79 Å². The summed E-state index contributed by atoms with van der Waals surface area (Å²) in [6.45, 7) is 7.97. The van der Waals surface area contributed by atoms with Gasteiger partial charge in [0, 0.05) is 31.0 Å². The third-order valence-electron chi connectivity index (χ3n) is 4.82. The van der Waals surface area contributed by atoms with Crippen LogP contribution in [-0.2, 0) is 11.2 Å². The minimum atomic E-state index is 0.0448. The fourth-order valence-electron chi connectivity index (χ4n) is 3.14. The van der Waals surface area contributed by atoms with Gasteiger partial charge in [0.15, 0.2) is 5.82 Å². The molecule has 1 N–H and O–H groups in total. The van der Waals surface area contributed by atoms with Crippen LogP contribution in [0.15, 0.2) is 30.5 Å². The number of anilines is 1. The number of rotatable bonds is 5. The van der Waals surface area contributed by atoms with Crippen molar-refractivity contribution in [3.8, 4) is 0 Å². The summed E-state index contributed by atoms with van der Waals surface area (Å²) in [6, 6.07) is 8.21. The fraction of sp³-hybridized carbons (Fsp3) is 0.500. The standard InChI is InChI=1S/C20H27N5O/c1-14(2)16-5-6-18(21-13-16)12-20(26)22-17-8-10-25(11-9-17)19-7-4-15(3)23-24-19/h4-7,13-14,17H,8-12H2,1-3H3,(H,22,26). The molecule has 3 rings (SSSR count). The molecule has 0 saturated carbocycles. The van der Waals surface area contributed by atoms with Gasteiger partial charge in [-0.25, -0.2) is 0 Å². The molecule has 1 aliphatic rings. The Kier molecular flexibility index (Phi) is 5.81. The minimum absolute atomic E-state index is 0.0448. The summed E-state index contributed by atoms with van der Waals surface area (Å²) in [5.74, 6) is 1.41. The molecule has 138 valence electrons. The van der Waals surface area contributed by atoms with Crippen molar-refractivity contribution in [3.63, 3.8) is 0 Å². The van der Waals surface area contributed by atoms with Crippen molar-refractivity contribution in [2.24, 2.45) is 0 Å². The third kappa shape index (κ3) is 4.77. The highest BCUT2D eigenvalue weighted by Gasteiger charge is 2.21. The molecule has 3 heterocycles. The second-order valence-electron chi connectivity index (χ2n) is 7.28. The number of amides is 1. The van der Waals surface area contributed by atoms with Gasteiger partial charge in [-0.2, -0.15) is 5.10 Å². The minimum Gasteiger partial charge on any atom is -0.355 e. The normalized spacial score (nSPS) is 15.3. The molecular weight excluding hydrogens is 326 g/mol. The van der Waals surface area contributed by atoms with Crippen LogP contribution in [0.25, 0.3) is 0 Å². The third-order valence-corrected chi connectivity index (χ3v) is 4.82. The van der Waals surface area contributed by atoms with Gasteiger partial charge in [-0.15, -0.1) is 5.10 Å². The number of hydrogen-bond donors (Lipinski definition) is 1. The monoisotopic (exact) mass is 353 g/mol. The Balaban J connectivity index is 1.46. The Morgan fingerprint density at radius 1 is 1.19 bits per heavy atom. The van der Waals surface area contributed by atoms with Gasteiger partial charge in [-0.1, -0.05) is 19.9 Å². The van der Waals surface area contributed by atoms with Crippen LogP contribution in [0.3, 0.4) is 0 Å². The summed E-state index contributed by atoms with van der Waals surface area (Å²) in [4.78, 5) is 18.9. The first-order valence-corrected chi connectivity index (χ1v) is 9.30. The molecule has 0 unspecified atom stereocenters. The van der Waals surface area contributed by atoms with Crippen molar-refractivity contribution in [1.29, 1.82) is 0 Å². The molecule has 1 aliphatic heterocycles. The van der Waals surface area contributed by atoms with Crippen molar-refractivity contribution >= 4 is 11.7 Å². The van der Waals surface area contributed by atoms with Gasteiger partial charge >= 0.3 is 0 Å². The van der Waals surface area contributed by atoms with Crippen LogP contribution < -0.4 is 10.2 Å². The van der Waals surface area contributed by atoms with Crippen LogP contribution in [0.4, 0.5) is 5.82 Å². The Hall–Kier alpha value is -2.50. The average Bonchev–Trinajstić information content (AvgIpc) is 2.63. The molecule has 0 bridgehead atoms. The molecule has 0 atom stereocenters. The second-order valence-corrected chi connectivity index (χ2v) is 7.28. The molecule has 1 amide bonds. The number of carbonyl (C=O) groups is 1. The van der Waals surface area contributed by atoms with Gasteiger partial charge in [-0.3, -0.25) is 9.78 Å². The van der Waals surface area contributed by atoms with E-state index in [-0.39, 0.29) is 11.9 Å². The van der Waals surface area contributed by atoms with Gasteiger partial charge in [-0.05, 0) is 49.4 Å². The average molecular weight is 353 g/mol. The van der Waals surface area contributed by atoms with Crippen LogP contribution in [0.1, 0.15) is 49.6 Å². The van der Waals surface area contributed by atoms with Gasteiger partial charge in [0.25, 0.3) is 0 Å². The lowest BCUT2D eigenvalue weighted by molar-refractivity contribution is -0.121. The summed E-state index contributed by atoms with van der Waals surface area (Å²) < 4.78 is 0. The summed E-state index contributed by atoms with van der Waals surface area (Å²) in [5.41, 5.74) is 2.94. The zero-order valence-electron chi connectivity index (χ0n) is 15.8. The first-order valence-electron chi connectivity index (χ1n) is 9.30. The van der Waals surface area contributed by atoms with E-state index in [4.69, 9.17) is 0 Å². The molecule has 26 heavy (non-hydrogen) atoms. The topological polar surface area (TPSA) is 71.0 Å². The van der Waals surface area contributed by atoms with Crippen molar-refractivity contribution in [2.75, 3.05) is 18.0 Å². The summed E-state index contributed by atoms with van der Waals surface area (Å²) in [7, 11) is 0. The molecule has 2 aromatic heterocycles. The predicted octanol–water partition coefficient (Wildman–Crippen LogP) is 2.63. The highest BCUT2D eigenvalue weighted by atomic mass is 16.1. The van der Waals surface area contributed by atoms with E-state index in [9.17, 15) is 4.79 Å². The molecule has 0 radical (unpaired) electrons. The van der Waals surface area contributed by atoms with Gasteiger partial charge in [0.1, 0.15) is 0 Å². The lowest BCUT2D eigenvalue weighted by atomic mass is 10.0. The second kappa shape index (κ2) is 8.25. The zero-order chi connectivity index (χ0) is 18.5. The molecule has 6 nitrogen and oxygen atoms in total. The number of nitrogens with one attached hydrogen (secondary N) is 1. The van der Waals surface area contributed by atoms with E-state index in [1.165, 1.54) is 5.56 Å². The maximum atomic E-state index is 12.3. The molecular formula is C20H27N5O. The number of carbonyl (C=O) groups excluding carboxylic acids is 1. The van der Waals surface area contributed by atoms with E-state index in [1.54, 1.807) is 0 Å². The van der Waals surface area contributed by atoms with Crippen molar-refractivity contribution in [2.45, 2.75) is 52.0 Å². The van der Waals surface area contributed by atoms with E-state index in [0.29, 0.717) is 12.3 Å². The van der Waals surface area contributed by atoms with Gasteiger partial charge in [0.05, 0.1) is 12.1 Å². The Morgan fingerprint density at radius 2 is 1.96 bits per heavy atom. The highest BCUT2D eigenvalue weighted by molar-refractivity contribution is 5.78. The number of nitrogens with zero attached hydrogens (tertiary/aromatic N) is 4. The predicted molar refractivity (Wildman–Crippen MR) is 102 cm³/mol. The summed E-state index contributed by atoms with van der Waals surface area (Å²) in [5, 5.41) is 11.5. The SMILES string of the molecule is Cc1ccc(N2CCC(NC(=O)Cc3ccc(C(C)C)cn3)CC2)nn1. The van der Waals surface area contributed by atoms with Gasteiger partial charge < -0.3 is 10.2 Å². The summed E-state index contributed by atoms with van der Waals surface area (Å²) >= 11 is 0. The zero-order valence-corrected chi connectivity index (χ0v) is 15.8. The number of piperidine rings is 1. The molecule has 0 aromatic carbocycles. The highest BCUT2D eigenvalue weighted by Crippen LogP contribution is 2.17. The van der Waals surface area contributed by atoms with E-state index < -0.39 is 0 Å². The lowest BCUT2D eigenvalue weighted by Crippen LogP contribution is -2.45. The lowest BCUT2D eigenvalue weighted by Gasteiger charge is -2.32. The van der Waals surface area contributed by atoms with E-state index in [1.807, 2.05) is 31.3 Å².